The van der Waals surface area contributed by atoms with Crippen LogP contribution in [0.3, 0.4) is 0 Å². The molecule has 2 N–H and O–H groups in total. The summed E-state index contributed by atoms with van der Waals surface area (Å²) in [5.74, 6) is 0. The first-order valence-corrected chi connectivity index (χ1v) is 7.34. The molecule has 2 aromatic rings. The van der Waals surface area contributed by atoms with Crippen LogP contribution in [0.1, 0.15) is 18.1 Å². The van der Waals surface area contributed by atoms with Crippen molar-refractivity contribution in [1.82, 2.24) is 10.7 Å². The fraction of sp³-hybridized carbons (Fsp3) is 0.176. The molecule has 3 nitrogen and oxygen atoms in total. The van der Waals surface area contributed by atoms with E-state index in [-0.39, 0.29) is 0 Å². The fourth-order valence-corrected chi connectivity index (χ4v) is 2.03. The molecule has 21 heavy (non-hydrogen) atoms. The summed E-state index contributed by atoms with van der Waals surface area (Å²) in [5.41, 5.74) is 6.15. The zero-order valence-corrected chi connectivity index (χ0v) is 12.9. The highest BCUT2D eigenvalue weighted by molar-refractivity contribution is 7.80. The summed E-state index contributed by atoms with van der Waals surface area (Å²) < 4.78 is 0. The Labute approximate surface area is 131 Å². The molecule has 0 heterocycles. The summed E-state index contributed by atoms with van der Waals surface area (Å²) >= 11 is 5.21. The Balaban J connectivity index is 1.75. The molecule has 0 saturated heterocycles. The lowest BCUT2D eigenvalue weighted by Gasteiger charge is -2.08. The minimum atomic E-state index is 0.543. The number of hydrazone groups is 1. The molecule has 0 fully saturated rings. The number of benzene rings is 2. The Hall–Kier alpha value is -2.20. The summed E-state index contributed by atoms with van der Waals surface area (Å²) in [6.07, 6.45) is 0.935. The molecule has 0 atom stereocenters. The number of hydrogen-bond acceptors (Lipinski definition) is 2. The molecule has 0 aliphatic rings. The Bertz CT molecular complexity index is 594. The van der Waals surface area contributed by atoms with Gasteiger partial charge in [0.2, 0.25) is 0 Å². The number of nitrogens with zero attached hydrogens (tertiary/aromatic N) is 1. The molecule has 4 heteroatoms. The van der Waals surface area contributed by atoms with Gasteiger partial charge in [-0.05, 0) is 36.7 Å². The van der Waals surface area contributed by atoms with E-state index in [9.17, 15) is 0 Å². The maximum absolute atomic E-state index is 5.21. The molecule has 0 bridgehead atoms. The van der Waals surface area contributed by atoms with Crippen LogP contribution in [0.15, 0.2) is 65.8 Å². The van der Waals surface area contributed by atoms with Gasteiger partial charge in [-0.2, -0.15) is 5.10 Å². The van der Waals surface area contributed by atoms with Gasteiger partial charge in [0.05, 0.1) is 5.71 Å². The number of nitrogens with one attached hydrogen (secondary N) is 2. The van der Waals surface area contributed by atoms with Crippen molar-refractivity contribution in [3.63, 3.8) is 0 Å². The van der Waals surface area contributed by atoms with Crippen molar-refractivity contribution >= 4 is 23.0 Å². The van der Waals surface area contributed by atoms with E-state index in [1.807, 2.05) is 55.5 Å². The third-order valence-electron chi connectivity index (χ3n) is 3.06. The summed E-state index contributed by atoms with van der Waals surface area (Å²) in [7, 11) is 0. The number of rotatable bonds is 5. The molecule has 2 rings (SSSR count). The molecule has 0 aromatic heterocycles. The van der Waals surface area contributed by atoms with Crippen LogP contribution in [0, 0.1) is 0 Å². The van der Waals surface area contributed by atoms with Gasteiger partial charge in [-0.1, -0.05) is 60.7 Å². The maximum atomic E-state index is 5.21. The van der Waals surface area contributed by atoms with E-state index in [1.54, 1.807) is 0 Å². The van der Waals surface area contributed by atoms with E-state index in [4.69, 9.17) is 12.2 Å². The average molecular weight is 297 g/mol. The highest BCUT2D eigenvalue weighted by atomic mass is 32.1. The van der Waals surface area contributed by atoms with Crippen molar-refractivity contribution in [2.45, 2.75) is 13.3 Å². The van der Waals surface area contributed by atoms with Crippen molar-refractivity contribution < 1.29 is 0 Å². The van der Waals surface area contributed by atoms with Crippen molar-refractivity contribution in [2.24, 2.45) is 5.10 Å². The normalized spacial score (nSPS) is 11.0. The summed E-state index contributed by atoms with van der Waals surface area (Å²) in [6, 6.07) is 20.3. The molecular formula is C17H19N3S. The van der Waals surface area contributed by atoms with Crippen LogP contribution in [0.4, 0.5) is 0 Å². The highest BCUT2D eigenvalue weighted by Crippen LogP contribution is 2.00. The third kappa shape index (κ3) is 5.36. The molecule has 0 aliphatic heterocycles. The van der Waals surface area contributed by atoms with Gasteiger partial charge in [-0.3, -0.25) is 5.43 Å². The third-order valence-corrected chi connectivity index (χ3v) is 3.29. The van der Waals surface area contributed by atoms with E-state index >= 15 is 0 Å². The van der Waals surface area contributed by atoms with Gasteiger partial charge in [-0.15, -0.1) is 0 Å². The van der Waals surface area contributed by atoms with Gasteiger partial charge in [0, 0.05) is 6.54 Å². The number of thiocarbonyl (C=S) groups is 1. The van der Waals surface area contributed by atoms with Crippen molar-refractivity contribution in [3.8, 4) is 0 Å². The molecular weight excluding hydrogens is 278 g/mol. The topological polar surface area (TPSA) is 36.4 Å². The smallest absolute Gasteiger partial charge is 0.186 e. The van der Waals surface area contributed by atoms with E-state index < -0.39 is 0 Å². The van der Waals surface area contributed by atoms with Crippen LogP contribution >= 0.6 is 12.2 Å². The van der Waals surface area contributed by atoms with E-state index in [0.717, 1.165) is 24.2 Å². The lowest BCUT2D eigenvalue weighted by atomic mass is 10.1. The zero-order chi connectivity index (χ0) is 14.9. The quantitative estimate of drug-likeness (QED) is 0.506. The highest BCUT2D eigenvalue weighted by Gasteiger charge is 1.97. The summed E-state index contributed by atoms with van der Waals surface area (Å²) in [4.78, 5) is 0. The standard InChI is InChI=1S/C17H19N3S/c1-14(16-10-6-3-7-11-16)19-20-17(21)18-13-12-15-8-4-2-5-9-15/h2-11H,12-13H2,1H3,(H2,18,20,21)/b19-14+. The van der Waals surface area contributed by atoms with E-state index in [2.05, 4.69) is 28.0 Å². The predicted octanol–water partition coefficient (Wildman–Crippen LogP) is 3.12. The van der Waals surface area contributed by atoms with Crippen LogP contribution in [0.25, 0.3) is 0 Å². The maximum Gasteiger partial charge on any atom is 0.186 e. The lowest BCUT2D eigenvalue weighted by molar-refractivity contribution is 0.836. The van der Waals surface area contributed by atoms with Crippen LogP contribution in [-0.2, 0) is 6.42 Å². The molecule has 0 unspecified atom stereocenters. The summed E-state index contributed by atoms with van der Waals surface area (Å²) in [5, 5.41) is 7.98. The molecule has 0 spiro atoms. The second-order valence-corrected chi connectivity index (χ2v) is 5.07. The van der Waals surface area contributed by atoms with Crippen LogP contribution in [-0.4, -0.2) is 17.4 Å². The predicted molar refractivity (Wildman–Crippen MR) is 92.5 cm³/mol. The van der Waals surface area contributed by atoms with Gasteiger partial charge in [0.15, 0.2) is 5.11 Å². The Morgan fingerprint density at radius 1 is 1.00 bits per heavy atom. The van der Waals surface area contributed by atoms with Gasteiger partial charge >= 0.3 is 0 Å². The van der Waals surface area contributed by atoms with Crippen molar-refractivity contribution in [2.75, 3.05) is 6.54 Å². The number of hydrogen-bond donors (Lipinski definition) is 2. The molecule has 0 amide bonds. The first-order valence-electron chi connectivity index (χ1n) is 6.93. The average Bonchev–Trinajstić information content (AvgIpc) is 2.54. The van der Waals surface area contributed by atoms with Gasteiger partial charge in [0.1, 0.15) is 0 Å². The molecule has 0 saturated carbocycles. The Morgan fingerprint density at radius 2 is 1.62 bits per heavy atom. The minimum Gasteiger partial charge on any atom is -0.361 e. The Morgan fingerprint density at radius 3 is 2.29 bits per heavy atom. The van der Waals surface area contributed by atoms with Crippen molar-refractivity contribution in [1.29, 1.82) is 0 Å². The SMILES string of the molecule is C/C(=N\NC(=S)NCCc1ccccc1)c1ccccc1. The fourth-order valence-electron chi connectivity index (χ4n) is 1.88. The van der Waals surface area contributed by atoms with E-state index in [0.29, 0.717) is 5.11 Å². The van der Waals surface area contributed by atoms with Gasteiger partial charge < -0.3 is 5.32 Å². The van der Waals surface area contributed by atoms with Crippen LogP contribution < -0.4 is 10.7 Å². The molecule has 108 valence electrons. The van der Waals surface area contributed by atoms with Crippen LogP contribution in [0.2, 0.25) is 0 Å². The monoisotopic (exact) mass is 297 g/mol. The first-order chi connectivity index (χ1) is 10.3. The van der Waals surface area contributed by atoms with E-state index in [1.165, 1.54) is 5.56 Å². The van der Waals surface area contributed by atoms with Crippen LogP contribution in [0.5, 0.6) is 0 Å². The molecule has 0 radical (unpaired) electrons. The molecule has 0 aliphatic carbocycles. The second-order valence-electron chi connectivity index (χ2n) is 4.67. The van der Waals surface area contributed by atoms with Crippen molar-refractivity contribution in [3.05, 3.63) is 71.8 Å². The van der Waals surface area contributed by atoms with Gasteiger partial charge in [0.25, 0.3) is 0 Å². The Kier molecular flexibility index (Phi) is 5.91. The van der Waals surface area contributed by atoms with Gasteiger partial charge in [-0.25, -0.2) is 0 Å². The lowest BCUT2D eigenvalue weighted by Crippen LogP contribution is -2.33. The second kappa shape index (κ2) is 8.17. The molecule has 2 aromatic carbocycles. The summed E-state index contributed by atoms with van der Waals surface area (Å²) in [6.45, 7) is 2.74. The minimum absolute atomic E-state index is 0.543. The zero-order valence-electron chi connectivity index (χ0n) is 12.0. The first kappa shape index (κ1) is 15.2. The largest absolute Gasteiger partial charge is 0.361 e.